The van der Waals surface area contributed by atoms with Gasteiger partial charge < -0.3 is 10.1 Å². The highest BCUT2D eigenvalue weighted by molar-refractivity contribution is 5.14. The van der Waals surface area contributed by atoms with Gasteiger partial charge in [-0.1, -0.05) is 37.3 Å². The maximum Gasteiger partial charge on any atom is 0.0728 e. The number of hydrogen-bond donors (Lipinski definition) is 1. The SMILES string of the molecule is CCC1NC(C)CCC1OCCCc1ccccc1. The van der Waals surface area contributed by atoms with E-state index in [0.29, 0.717) is 18.2 Å². The van der Waals surface area contributed by atoms with Crippen molar-refractivity contribution in [2.24, 2.45) is 0 Å². The van der Waals surface area contributed by atoms with Gasteiger partial charge in [-0.2, -0.15) is 0 Å². The van der Waals surface area contributed by atoms with Gasteiger partial charge in [-0.05, 0) is 44.6 Å². The van der Waals surface area contributed by atoms with E-state index in [1.807, 2.05) is 0 Å². The minimum Gasteiger partial charge on any atom is -0.377 e. The van der Waals surface area contributed by atoms with Crippen LogP contribution >= 0.6 is 0 Å². The molecule has 0 bridgehead atoms. The Morgan fingerprint density at radius 2 is 2.00 bits per heavy atom. The number of ether oxygens (including phenoxy) is 1. The quantitative estimate of drug-likeness (QED) is 0.791. The summed E-state index contributed by atoms with van der Waals surface area (Å²) in [5.74, 6) is 0. The highest BCUT2D eigenvalue weighted by Gasteiger charge is 2.26. The van der Waals surface area contributed by atoms with Crippen molar-refractivity contribution in [1.29, 1.82) is 0 Å². The third-order valence-electron chi connectivity index (χ3n) is 4.06. The first kappa shape index (κ1) is 14.5. The summed E-state index contributed by atoms with van der Waals surface area (Å²) in [6.07, 6.45) is 6.25. The standard InChI is InChI=1S/C17H27NO/c1-3-16-17(12-11-14(2)18-16)19-13-7-10-15-8-5-4-6-9-15/h4-6,8-9,14,16-18H,3,7,10-13H2,1-2H3. The maximum absolute atomic E-state index is 6.09. The van der Waals surface area contributed by atoms with Gasteiger partial charge in [0.2, 0.25) is 0 Å². The molecule has 1 fully saturated rings. The fraction of sp³-hybridized carbons (Fsp3) is 0.647. The molecule has 3 unspecified atom stereocenters. The fourth-order valence-electron chi connectivity index (χ4n) is 2.91. The average Bonchev–Trinajstić information content (AvgIpc) is 2.46. The number of nitrogens with one attached hydrogen (secondary N) is 1. The number of hydrogen-bond acceptors (Lipinski definition) is 2. The Kier molecular flexibility index (Phi) is 5.87. The lowest BCUT2D eigenvalue weighted by Gasteiger charge is -2.35. The molecule has 1 heterocycles. The van der Waals surface area contributed by atoms with Crippen LogP contribution in [0, 0.1) is 0 Å². The van der Waals surface area contributed by atoms with Gasteiger partial charge in [-0.15, -0.1) is 0 Å². The van der Waals surface area contributed by atoms with Crippen molar-refractivity contribution in [3.05, 3.63) is 35.9 Å². The van der Waals surface area contributed by atoms with Crippen molar-refractivity contribution in [3.8, 4) is 0 Å². The molecule has 0 radical (unpaired) electrons. The smallest absolute Gasteiger partial charge is 0.0728 e. The first-order valence-electron chi connectivity index (χ1n) is 7.71. The van der Waals surface area contributed by atoms with Crippen LogP contribution in [0.5, 0.6) is 0 Å². The van der Waals surface area contributed by atoms with Crippen LogP contribution in [0.3, 0.4) is 0 Å². The minimum absolute atomic E-state index is 0.414. The third-order valence-corrected chi connectivity index (χ3v) is 4.06. The summed E-state index contributed by atoms with van der Waals surface area (Å²) in [5, 5.41) is 3.65. The second-order valence-corrected chi connectivity index (χ2v) is 5.66. The maximum atomic E-state index is 6.09. The Labute approximate surface area is 117 Å². The van der Waals surface area contributed by atoms with Crippen LogP contribution in [0.25, 0.3) is 0 Å². The molecule has 0 spiro atoms. The first-order chi connectivity index (χ1) is 9.29. The van der Waals surface area contributed by atoms with E-state index < -0.39 is 0 Å². The van der Waals surface area contributed by atoms with E-state index in [2.05, 4.69) is 49.5 Å². The molecule has 106 valence electrons. The predicted octanol–water partition coefficient (Wildman–Crippen LogP) is 3.55. The van der Waals surface area contributed by atoms with E-state index in [4.69, 9.17) is 4.74 Å². The van der Waals surface area contributed by atoms with Gasteiger partial charge in [0.05, 0.1) is 6.10 Å². The molecule has 1 aliphatic rings. The van der Waals surface area contributed by atoms with Crippen LogP contribution in [0.4, 0.5) is 0 Å². The summed E-state index contributed by atoms with van der Waals surface area (Å²) < 4.78 is 6.09. The molecule has 0 amide bonds. The summed E-state index contributed by atoms with van der Waals surface area (Å²) in [6.45, 7) is 5.40. The highest BCUT2D eigenvalue weighted by atomic mass is 16.5. The minimum atomic E-state index is 0.414. The molecule has 1 saturated heterocycles. The Balaban J connectivity index is 1.67. The Morgan fingerprint density at radius 3 is 2.74 bits per heavy atom. The summed E-state index contributed by atoms with van der Waals surface area (Å²) in [6, 6.07) is 11.9. The molecule has 0 aliphatic carbocycles. The number of aryl methyl sites for hydroxylation is 1. The summed E-state index contributed by atoms with van der Waals surface area (Å²) >= 11 is 0. The summed E-state index contributed by atoms with van der Waals surface area (Å²) in [4.78, 5) is 0. The number of benzene rings is 1. The second kappa shape index (κ2) is 7.66. The van der Waals surface area contributed by atoms with Crippen molar-refractivity contribution in [2.45, 2.75) is 64.1 Å². The highest BCUT2D eigenvalue weighted by Crippen LogP contribution is 2.19. The molecule has 2 rings (SSSR count). The van der Waals surface area contributed by atoms with Crippen molar-refractivity contribution < 1.29 is 4.74 Å². The van der Waals surface area contributed by atoms with Gasteiger partial charge in [0.25, 0.3) is 0 Å². The Morgan fingerprint density at radius 1 is 1.21 bits per heavy atom. The van der Waals surface area contributed by atoms with E-state index in [0.717, 1.165) is 25.9 Å². The van der Waals surface area contributed by atoms with Crippen LogP contribution < -0.4 is 5.32 Å². The van der Waals surface area contributed by atoms with Gasteiger partial charge >= 0.3 is 0 Å². The van der Waals surface area contributed by atoms with Gasteiger partial charge in [0.15, 0.2) is 0 Å². The molecule has 2 nitrogen and oxygen atoms in total. The molecular weight excluding hydrogens is 234 g/mol. The van der Waals surface area contributed by atoms with Crippen molar-refractivity contribution in [2.75, 3.05) is 6.61 Å². The Hall–Kier alpha value is -0.860. The number of piperidine rings is 1. The molecule has 2 heteroatoms. The lowest BCUT2D eigenvalue weighted by Crippen LogP contribution is -2.50. The zero-order valence-electron chi connectivity index (χ0n) is 12.3. The summed E-state index contributed by atoms with van der Waals surface area (Å²) in [5.41, 5.74) is 1.41. The fourth-order valence-corrected chi connectivity index (χ4v) is 2.91. The van der Waals surface area contributed by atoms with Gasteiger partial charge in [0.1, 0.15) is 0 Å². The van der Waals surface area contributed by atoms with E-state index in [9.17, 15) is 0 Å². The van der Waals surface area contributed by atoms with Crippen molar-refractivity contribution in [3.63, 3.8) is 0 Å². The van der Waals surface area contributed by atoms with Crippen LogP contribution in [0.2, 0.25) is 0 Å². The second-order valence-electron chi connectivity index (χ2n) is 5.66. The lowest BCUT2D eigenvalue weighted by atomic mass is 9.95. The van der Waals surface area contributed by atoms with Crippen molar-refractivity contribution in [1.82, 2.24) is 5.32 Å². The zero-order valence-corrected chi connectivity index (χ0v) is 12.3. The van der Waals surface area contributed by atoms with Gasteiger partial charge in [-0.3, -0.25) is 0 Å². The van der Waals surface area contributed by atoms with E-state index in [1.165, 1.54) is 18.4 Å². The Bertz CT molecular complexity index is 352. The van der Waals surface area contributed by atoms with Crippen LogP contribution in [-0.4, -0.2) is 24.8 Å². The van der Waals surface area contributed by atoms with Gasteiger partial charge in [-0.25, -0.2) is 0 Å². The normalized spacial score (nSPS) is 27.4. The topological polar surface area (TPSA) is 21.3 Å². The number of rotatable bonds is 6. The monoisotopic (exact) mass is 261 g/mol. The van der Waals surface area contributed by atoms with E-state index in [1.54, 1.807) is 0 Å². The molecular formula is C17H27NO. The van der Waals surface area contributed by atoms with Crippen LogP contribution in [-0.2, 0) is 11.2 Å². The molecule has 1 N–H and O–H groups in total. The summed E-state index contributed by atoms with van der Waals surface area (Å²) in [7, 11) is 0. The van der Waals surface area contributed by atoms with E-state index >= 15 is 0 Å². The molecule has 3 atom stereocenters. The predicted molar refractivity (Wildman–Crippen MR) is 80.4 cm³/mol. The zero-order chi connectivity index (χ0) is 13.5. The first-order valence-corrected chi connectivity index (χ1v) is 7.71. The molecule has 1 aromatic carbocycles. The molecule has 0 saturated carbocycles. The van der Waals surface area contributed by atoms with Gasteiger partial charge in [0, 0.05) is 18.7 Å². The molecule has 0 aromatic heterocycles. The average molecular weight is 261 g/mol. The van der Waals surface area contributed by atoms with Crippen molar-refractivity contribution >= 4 is 0 Å². The van der Waals surface area contributed by atoms with Crippen LogP contribution in [0.1, 0.15) is 45.1 Å². The molecule has 1 aromatic rings. The largest absolute Gasteiger partial charge is 0.377 e. The molecule has 1 aliphatic heterocycles. The third kappa shape index (κ3) is 4.63. The van der Waals surface area contributed by atoms with E-state index in [-0.39, 0.29) is 0 Å². The molecule has 19 heavy (non-hydrogen) atoms. The van der Waals surface area contributed by atoms with Crippen LogP contribution in [0.15, 0.2) is 30.3 Å². The lowest BCUT2D eigenvalue weighted by molar-refractivity contribution is -0.00131.